The van der Waals surface area contributed by atoms with E-state index in [1.54, 1.807) is 0 Å². The molecule has 3 atom stereocenters. The molecule has 0 aliphatic carbocycles. The van der Waals surface area contributed by atoms with Gasteiger partial charge < -0.3 is 19.9 Å². The summed E-state index contributed by atoms with van der Waals surface area (Å²) >= 11 is 0. The van der Waals surface area contributed by atoms with Gasteiger partial charge in [-0.2, -0.15) is 0 Å². The third kappa shape index (κ3) is 1.93. The number of hydrogen-bond donors (Lipinski definition) is 2. The molecule has 0 aromatic heterocycles. The fraction of sp³-hybridized carbons (Fsp3) is 1.00. The Bertz CT molecular complexity index is 194. The van der Waals surface area contributed by atoms with Crippen LogP contribution >= 0.6 is 0 Å². The number of nitrogens with one attached hydrogen (secondary N) is 1. The highest BCUT2D eigenvalue weighted by Gasteiger charge is 2.43. The van der Waals surface area contributed by atoms with Crippen LogP contribution in [0.2, 0.25) is 0 Å². The van der Waals surface area contributed by atoms with Crippen LogP contribution in [0.25, 0.3) is 0 Å². The van der Waals surface area contributed by atoms with Gasteiger partial charge in [-0.3, -0.25) is 0 Å². The van der Waals surface area contributed by atoms with Crippen molar-refractivity contribution in [2.24, 2.45) is 0 Å². The molecule has 0 saturated carbocycles. The van der Waals surface area contributed by atoms with E-state index in [1.807, 2.05) is 6.92 Å². The first-order valence-corrected chi connectivity index (χ1v) is 5.40. The van der Waals surface area contributed by atoms with Crippen LogP contribution in [-0.4, -0.2) is 42.8 Å². The molecular formula is C10H19NO3. The smallest absolute Gasteiger partial charge is 0.181 e. The van der Waals surface area contributed by atoms with Crippen molar-refractivity contribution in [1.29, 1.82) is 0 Å². The Labute approximate surface area is 84.6 Å². The predicted molar refractivity (Wildman–Crippen MR) is 52.0 cm³/mol. The van der Waals surface area contributed by atoms with Crippen molar-refractivity contribution in [3.05, 3.63) is 0 Å². The molecule has 0 aromatic rings. The summed E-state index contributed by atoms with van der Waals surface area (Å²) in [6.07, 6.45) is 3.40. The van der Waals surface area contributed by atoms with Crippen molar-refractivity contribution in [3.8, 4) is 0 Å². The third-order valence-corrected chi connectivity index (χ3v) is 3.10. The Morgan fingerprint density at radius 1 is 1.50 bits per heavy atom. The number of piperidine rings is 1. The average molecular weight is 201 g/mol. The first-order chi connectivity index (χ1) is 6.74. The van der Waals surface area contributed by atoms with Crippen molar-refractivity contribution in [3.63, 3.8) is 0 Å². The molecule has 2 N–H and O–H groups in total. The molecule has 2 heterocycles. The Balaban J connectivity index is 1.94. The van der Waals surface area contributed by atoms with E-state index in [-0.39, 0.29) is 18.8 Å². The van der Waals surface area contributed by atoms with Crippen LogP contribution in [0.1, 0.15) is 26.2 Å². The normalized spacial score (nSPS) is 44.1. The second kappa shape index (κ2) is 4.14. The molecule has 0 radical (unpaired) electrons. The van der Waals surface area contributed by atoms with E-state index in [2.05, 4.69) is 5.32 Å². The maximum Gasteiger partial charge on any atom is 0.181 e. The Kier molecular flexibility index (Phi) is 3.07. The summed E-state index contributed by atoms with van der Waals surface area (Å²) in [6, 6.07) is 0.271. The molecule has 0 spiro atoms. The van der Waals surface area contributed by atoms with Crippen molar-refractivity contribution in [2.45, 2.75) is 44.1 Å². The van der Waals surface area contributed by atoms with Crippen LogP contribution in [0, 0.1) is 0 Å². The molecular weight excluding hydrogens is 182 g/mol. The van der Waals surface area contributed by atoms with Crippen molar-refractivity contribution in [2.75, 3.05) is 19.8 Å². The van der Waals surface area contributed by atoms with Crippen LogP contribution in [0.4, 0.5) is 0 Å². The zero-order valence-corrected chi connectivity index (χ0v) is 8.66. The van der Waals surface area contributed by atoms with Gasteiger partial charge in [-0.15, -0.1) is 0 Å². The number of ether oxygens (including phenoxy) is 2. The molecule has 4 nitrogen and oxygen atoms in total. The zero-order valence-electron chi connectivity index (χ0n) is 8.66. The number of hydrogen-bond acceptors (Lipinski definition) is 4. The molecule has 2 rings (SSSR count). The molecule has 0 amide bonds. The highest BCUT2D eigenvalue weighted by atomic mass is 16.7. The van der Waals surface area contributed by atoms with Gasteiger partial charge in [-0.05, 0) is 26.3 Å². The van der Waals surface area contributed by atoms with Gasteiger partial charge in [0, 0.05) is 0 Å². The van der Waals surface area contributed by atoms with E-state index in [1.165, 1.54) is 12.8 Å². The lowest BCUT2D eigenvalue weighted by Crippen LogP contribution is -2.52. The van der Waals surface area contributed by atoms with E-state index in [0.717, 1.165) is 13.0 Å². The molecule has 14 heavy (non-hydrogen) atoms. The Hall–Kier alpha value is -0.160. The van der Waals surface area contributed by atoms with E-state index < -0.39 is 5.79 Å². The monoisotopic (exact) mass is 201 g/mol. The summed E-state index contributed by atoms with van der Waals surface area (Å²) in [5, 5.41) is 12.4. The van der Waals surface area contributed by atoms with Gasteiger partial charge in [0.05, 0.1) is 19.3 Å². The SMILES string of the molecule is CC1(C2CCCCN2)OCC(CO)O1. The van der Waals surface area contributed by atoms with Crippen LogP contribution in [0.15, 0.2) is 0 Å². The predicted octanol–water partition coefficient (Wildman–Crippen LogP) is 0.252. The standard InChI is InChI=1S/C10H19NO3/c1-10(9-4-2-3-5-11-9)13-7-8(6-12)14-10/h8-9,11-12H,2-7H2,1H3. The summed E-state index contributed by atoms with van der Waals surface area (Å²) in [5.74, 6) is -0.534. The highest BCUT2D eigenvalue weighted by Crippen LogP contribution is 2.30. The van der Waals surface area contributed by atoms with Crippen molar-refractivity contribution >= 4 is 0 Å². The number of rotatable bonds is 2. The lowest BCUT2D eigenvalue weighted by Gasteiger charge is -2.35. The lowest BCUT2D eigenvalue weighted by molar-refractivity contribution is -0.182. The van der Waals surface area contributed by atoms with E-state index >= 15 is 0 Å². The summed E-state index contributed by atoms with van der Waals surface area (Å²) in [6.45, 7) is 3.55. The molecule has 82 valence electrons. The molecule has 0 bridgehead atoms. The van der Waals surface area contributed by atoms with Gasteiger partial charge in [-0.25, -0.2) is 0 Å². The highest BCUT2D eigenvalue weighted by molar-refractivity contribution is 4.88. The Morgan fingerprint density at radius 3 is 2.93 bits per heavy atom. The molecule has 3 unspecified atom stereocenters. The number of aliphatic hydroxyl groups is 1. The maximum atomic E-state index is 8.97. The molecule has 0 aromatic carbocycles. The molecule has 2 saturated heterocycles. The average Bonchev–Trinajstić information content (AvgIpc) is 2.63. The lowest BCUT2D eigenvalue weighted by atomic mass is 9.98. The fourth-order valence-corrected chi connectivity index (χ4v) is 2.23. The number of aliphatic hydroxyl groups excluding tert-OH is 1. The van der Waals surface area contributed by atoms with Gasteiger partial charge in [0.1, 0.15) is 6.10 Å². The Morgan fingerprint density at radius 2 is 2.36 bits per heavy atom. The summed E-state index contributed by atoms with van der Waals surface area (Å²) in [7, 11) is 0. The minimum absolute atomic E-state index is 0.0440. The largest absolute Gasteiger partial charge is 0.394 e. The van der Waals surface area contributed by atoms with Gasteiger partial charge in [-0.1, -0.05) is 6.42 Å². The summed E-state index contributed by atoms with van der Waals surface area (Å²) < 4.78 is 11.3. The third-order valence-electron chi connectivity index (χ3n) is 3.10. The quantitative estimate of drug-likeness (QED) is 0.672. The van der Waals surface area contributed by atoms with Crippen LogP contribution in [-0.2, 0) is 9.47 Å². The first-order valence-electron chi connectivity index (χ1n) is 5.40. The van der Waals surface area contributed by atoms with E-state index in [4.69, 9.17) is 14.6 Å². The van der Waals surface area contributed by atoms with E-state index in [0.29, 0.717) is 6.61 Å². The van der Waals surface area contributed by atoms with Gasteiger partial charge >= 0.3 is 0 Å². The van der Waals surface area contributed by atoms with Gasteiger partial charge in [0.25, 0.3) is 0 Å². The summed E-state index contributed by atoms with van der Waals surface area (Å²) in [5.41, 5.74) is 0. The van der Waals surface area contributed by atoms with Crippen LogP contribution in [0.5, 0.6) is 0 Å². The fourth-order valence-electron chi connectivity index (χ4n) is 2.23. The minimum atomic E-state index is -0.534. The summed E-state index contributed by atoms with van der Waals surface area (Å²) in [4.78, 5) is 0. The van der Waals surface area contributed by atoms with E-state index in [9.17, 15) is 0 Å². The van der Waals surface area contributed by atoms with Crippen LogP contribution in [0.3, 0.4) is 0 Å². The van der Waals surface area contributed by atoms with Gasteiger partial charge in [0.2, 0.25) is 0 Å². The first kappa shape index (κ1) is 10.4. The molecule has 2 aliphatic heterocycles. The molecule has 4 heteroatoms. The molecule has 2 fully saturated rings. The maximum absolute atomic E-state index is 8.97. The second-order valence-corrected chi connectivity index (χ2v) is 4.25. The van der Waals surface area contributed by atoms with Crippen molar-refractivity contribution in [1.82, 2.24) is 5.32 Å². The minimum Gasteiger partial charge on any atom is -0.394 e. The van der Waals surface area contributed by atoms with Crippen LogP contribution < -0.4 is 5.32 Å². The van der Waals surface area contributed by atoms with Gasteiger partial charge in [0.15, 0.2) is 5.79 Å². The topological polar surface area (TPSA) is 50.7 Å². The second-order valence-electron chi connectivity index (χ2n) is 4.25. The van der Waals surface area contributed by atoms with Crippen molar-refractivity contribution < 1.29 is 14.6 Å². The zero-order chi connectivity index (χ0) is 10.0. The molecule has 2 aliphatic rings.